The molecule has 1 aromatic rings. The number of hydrogen-bond donors (Lipinski definition) is 1. The summed E-state index contributed by atoms with van der Waals surface area (Å²) in [6, 6.07) is 3.16. The average Bonchev–Trinajstić information content (AvgIpc) is 2.27. The van der Waals surface area contributed by atoms with Crippen LogP contribution in [0.25, 0.3) is 0 Å². The Morgan fingerprint density at radius 1 is 1.12 bits per heavy atom. The van der Waals surface area contributed by atoms with Crippen LogP contribution in [0, 0.1) is 11.6 Å². The van der Waals surface area contributed by atoms with Gasteiger partial charge in [-0.05, 0) is 37.0 Å². The summed E-state index contributed by atoms with van der Waals surface area (Å²) in [5.74, 6) is -1.29. The lowest BCUT2D eigenvalue weighted by molar-refractivity contribution is 0.162. The highest BCUT2D eigenvalue weighted by molar-refractivity contribution is 5.20. The second kappa shape index (κ2) is 7.17. The van der Waals surface area contributed by atoms with Crippen LogP contribution in [0.4, 0.5) is 8.78 Å². The molecule has 1 N–H and O–H groups in total. The Bertz CT molecular complexity index is 343. The van der Waals surface area contributed by atoms with E-state index in [0.29, 0.717) is 12.0 Å². The lowest BCUT2D eigenvalue weighted by Crippen LogP contribution is -1.99. The van der Waals surface area contributed by atoms with Gasteiger partial charge < -0.3 is 5.11 Å². The van der Waals surface area contributed by atoms with Crippen molar-refractivity contribution in [1.29, 1.82) is 0 Å². The van der Waals surface area contributed by atoms with Gasteiger partial charge in [-0.2, -0.15) is 0 Å². The quantitative estimate of drug-likeness (QED) is 0.561. The van der Waals surface area contributed by atoms with Crippen molar-refractivity contribution < 1.29 is 13.9 Å². The van der Waals surface area contributed by atoms with Gasteiger partial charge >= 0.3 is 0 Å². The van der Waals surface area contributed by atoms with Crippen molar-refractivity contribution in [1.82, 2.24) is 0 Å². The summed E-state index contributed by atoms with van der Waals surface area (Å²) < 4.78 is 25.8. The van der Waals surface area contributed by atoms with Crippen LogP contribution < -0.4 is 0 Å². The van der Waals surface area contributed by atoms with Crippen molar-refractivity contribution in [2.75, 3.05) is 0 Å². The second-order valence-electron chi connectivity index (χ2n) is 4.15. The molecule has 0 radical (unpaired) electrons. The Morgan fingerprint density at radius 2 is 1.76 bits per heavy atom. The fourth-order valence-corrected chi connectivity index (χ4v) is 1.74. The molecule has 0 spiro atoms. The Labute approximate surface area is 101 Å². The largest absolute Gasteiger partial charge is 0.388 e. The molecule has 1 unspecified atom stereocenters. The van der Waals surface area contributed by atoms with Gasteiger partial charge in [0.25, 0.3) is 0 Å². The van der Waals surface area contributed by atoms with Crippen LogP contribution in [0.3, 0.4) is 0 Å². The normalized spacial score (nSPS) is 12.4. The number of hydrogen-bond acceptors (Lipinski definition) is 1. The molecule has 0 aliphatic carbocycles. The van der Waals surface area contributed by atoms with E-state index in [0.717, 1.165) is 31.7 Å². The number of aliphatic hydroxyl groups is 1. The summed E-state index contributed by atoms with van der Waals surface area (Å²) in [5.41, 5.74) is 0.311. The Kier molecular flexibility index (Phi) is 5.84. The van der Waals surface area contributed by atoms with Crippen molar-refractivity contribution in [2.45, 2.75) is 38.2 Å². The zero-order chi connectivity index (χ0) is 12.7. The molecule has 3 heteroatoms. The van der Waals surface area contributed by atoms with Gasteiger partial charge in [0, 0.05) is 6.07 Å². The third kappa shape index (κ3) is 5.09. The van der Waals surface area contributed by atoms with Gasteiger partial charge in [-0.25, -0.2) is 8.78 Å². The van der Waals surface area contributed by atoms with Gasteiger partial charge in [0.05, 0.1) is 6.10 Å². The van der Waals surface area contributed by atoms with E-state index in [1.165, 1.54) is 12.1 Å². The summed E-state index contributed by atoms with van der Waals surface area (Å²) in [6.45, 7) is 3.63. The summed E-state index contributed by atoms with van der Waals surface area (Å²) in [4.78, 5) is 0. The number of allylic oxidation sites excluding steroid dienone is 1. The Morgan fingerprint density at radius 3 is 2.35 bits per heavy atom. The molecule has 0 fully saturated rings. The third-order valence-corrected chi connectivity index (χ3v) is 2.66. The standard InChI is InChI=1S/C14H18F2O/c1-2-3-4-5-6-7-14(17)11-8-12(15)10-13(16)9-11/h2,8-10,14,17H,1,3-7H2. The third-order valence-electron chi connectivity index (χ3n) is 2.66. The van der Waals surface area contributed by atoms with Crippen molar-refractivity contribution in [2.24, 2.45) is 0 Å². The lowest BCUT2D eigenvalue weighted by atomic mass is 10.0. The van der Waals surface area contributed by atoms with Crippen molar-refractivity contribution in [3.63, 3.8) is 0 Å². The van der Waals surface area contributed by atoms with E-state index >= 15 is 0 Å². The Balaban J connectivity index is 2.40. The number of halogens is 2. The maximum absolute atomic E-state index is 12.9. The van der Waals surface area contributed by atoms with E-state index < -0.39 is 17.7 Å². The maximum Gasteiger partial charge on any atom is 0.126 e. The number of rotatable bonds is 7. The lowest BCUT2D eigenvalue weighted by Gasteiger charge is -2.11. The smallest absolute Gasteiger partial charge is 0.126 e. The predicted octanol–water partition coefficient (Wildman–Crippen LogP) is 4.13. The van der Waals surface area contributed by atoms with Crippen LogP contribution in [-0.4, -0.2) is 5.11 Å². The molecule has 0 amide bonds. The van der Waals surface area contributed by atoms with E-state index in [-0.39, 0.29) is 0 Å². The molecule has 0 aliphatic rings. The predicted molar refractivity (Wildman–Crippen MR) is 64.6 cm³/mol. The summed E-state index contributed by atoms with van der Waals surface area (Å²) in [7, 11) is 0. The maximum atomic E-state index is 12.9. The van der Waals surface area contributed by atoms with Crippen LogP contribution >= 0.6 is 0 Å². The molecule has 1 atom stereocenters. The fourth-order valence-electron chi connectivity index (χ4n) is 1.74. The zero-order valence-corrected chi connectivity index (χ0v) is 9.83. The first-order valence-electron chi connectivity index (χ1n) is 5.88. The molecule has 0 aliphatic heterocycles. The van der Waals surface area contributed by atoms with Crippen LogP contribution in [0.5, 0.6) is 0 Å². The van der Waals surface area contributed by atoms with E-state index in [9.17, 15) is 13.9 Å². The van der Waals surface area contributed by atoms with Gasteiger partial charge in [0.2, 0.25) is 0 Å². The number of unbranched alkanes of at least 4 members (excludes halogenated alkanes) is 3. The van der Waals surface area contributed by atoms with Crippen LogP contribution in [0.1, 0.15) is 43.8 Å². The molecular formula is C14H18F2O. The molecule has 1 rings (SSSR count). The van der Waals surface area contributed by atoms with Gasteiger partial charge in [-0.15, -0.1) is 6.58 Å². The minimum atomic E-state index is -0.788. The van der Waals surface area contributed by atoms with E-state index in [1.54, 1.807) is 0 Å². The molecule has 0 saturated heterocycles. The molecule has 1 nitrogen and oxygen atoms in total. The van der Waals surface area contributed by atoms with Gasteiger partial charge in [0.1, 0.15) is 11.6 Å². The van der Waals surface area contributed by atoms with Crippen molar-refractivity contribution in [3.8, 4) is 0 Å². The zero-order valence-electron chi connectivity index (χ0n) is 9.83. The molecule has 17 heavy (non-hydrogen) atoms. The molecule has 0 heterocycles. The first kappa shape index (κ1) is 13.8. The summed E-state index contributed by atoms with van der Waals surface area (Å²) >= 11 is 0. The van der Waals surface area contributed by atoms with E-state index in [4.69, 9.17) is 0 Å². The molecule has 94 valence electrons. The minimum Gasteiger partial charge on any atom is -0.388 e. The van der Waals surface area contributed by atoms with Crippen molar-refractivity contribution in [3.05, 3.63) is 48.1 Å². The number of benzene rings is 1. The van der Waals surface area contributed by atoms with E-state index in [2.05, 4.69) is 6.58 Å². The number of aliphatic hydroxyl groups excluding tert-OH is 1. The first-order chi connectivity index (χ1) is 8.13. The molecular weight excluding hydrogens is 222 g/mol. The van der Waals surface area contributed by atoms with Gasteiger partial charge in [0.15, 0.2) is 0 Å². The topological polar surface area (TPSA) is 20.2 Å². The van der Waals surface area contributed by atoms with Crippen LogP contribution in [-0.2, 0) is 0 Å². The minimum absolute atomic E-state index is 0.311. The molecule has 0 aromatic heterocycles. The summed E-state index contributed by atoms with van der Waals surface area (Å²) in [5, 5.41) is 9.77. The summed E-state index contributed by atoms with van der Waals surface area (Å²) in [6.07, 6.45) is 5.43. The van der Waals surface area contributed by atoms with Crippen molar-refractivity contribution >= 4 is 0 Å². The second-order valence-corrected chi connectivity index (χ2v) is 4.15. The van der Waals surface area contributed by atoms with Crippen LogP contribution in [0.15, 0.2) is 30.9 Å². The highest BCUT2D eigenvalue weighted by Gasteiger charge is 2.09. The SMILES string of the molecule is C=CCCCCCC(O)c1cc(F)cc(F)c1. The fraction of sp³-hybridized carbons (Fsp3) is 0.429. The molecule has 0 saturated carbocycles. The van der Waals surface area contributed by atoms with E-state index in [1.807, 2.05) is 6.08 Å². The first-order valence-corrected chi connectivity index (χ1v) is 5.88. The van der Waals surface area contributed by atoms with Gasteiger partial charge in [-0.1, -0.05) is 18.9 Å². The highest BCUT2D eigenvalue weighted by atomic mass is 19.1. The highest BCUT2D eigenvalue weighted by Crippen LogP contribution is 2.21. The average molecular weight is 240 g/mol. The van der Waals surface area contributed by atoms with Gasteiger partial charge in [-0.3, -0.25) is 0 Å². The molecule has 0 bridgehead atoms. The molecule has 1 aromatic carbocycles. The van der Waals surface area contributed by atoms with Crippen LogP contribution in [0.2, 0.25) is 0 Å². The monoisotopic (exact) mass is 240 g/mol. The Hall–Kier alpha value is -1.22.